The van der Waals surface area contributed by atoms with Gasteiger partial charge in [0.15, 0.2) is 0 Å². The number of hydrogen-bond acceptors (Lipinski definition) is 4. The van der Waals surface area contributed by atoms with Gasteiger partial charge >= 0.3 is 0 Å². The number of halogens is 1. The van der Waals surface area contributed by atoms with Crippen LogP contribution < -0.4 is 5.32 Å². The molecule has 5 heteroatoms. The molecule has 0 saturated carbocycles. The maximum absolute atomic E-state index is 12.7. The lowest BCUT2D eigenvalue weighted by Gasteiger charge is -2.44. The number of fused-ring (bicyclic) bond motifs is 2. The van der Waals surface area contributed by atoms with Crippen molar-refractivity contribution in [3.05, 3.63) is 46.1 Å². The van der Waals surface area contributed by atoms with Crippen molar-refractivity contribution in [3.63, 3.8) is 0 Å². The molecule has 2 aliphatic heterocycles. The number of hydrogen-bond donors (Lipinski definition) is 1. The first-order chi connectivity index (χ1) is 12.7. The summed E-state index contributed by atoms with van der Waals surface area (Å²) in [7, 11) is 0. The van der Waals surface area contributed by atoms with Gasteiger partial charge in [0.05, 0.1) is 0 Å². The fourth-order valence-corrected chi connectivity index (χ4v) is 5.05. The Morgan fingerprint density at radius 3 is 2.54 bits per heavy atom. The molecule has 0 unspecified atom stereocenters. The summed E-state index contributed by atoms with van der Waals surface area (Å²) >= 11 is 6.23. The van der Waals surface area contributed by atoms with Crippen LogP contribution in [-0.4, -0.2) is 42.1 Å². The van der Waals surface area contributed by atoms with E-state index < -0.39 is 0 Å². The van der Waals surface area contributed by atoms with Gasteiger partial charge in [-0.1, -0.05) is 42.3 Å². The van der Waals surface area contributed by atoms with Crippen LogP contribution in [0.3, 0.4) is 0 Å². The van der Waals surface area contributed by atoms with Crippen molar-refractivity contribution in [1.29, 1.82) is 0 Å². The number of carbonyl (C=O) groups excluding carboxylic acids is 2. The molecule has 0 radical (unpaired) electrons. The Balaban J connectivity index is 1.42. The predicted octanol–water partition coefficient (Wildman–Crippen LogP) is 3.76. The number of rotatable bonds is 4. The maximum atomic E-state index is 12.7. The van der Waals surface area contributed by atoms with E-state index in [0.29, 0.717) is 29.6 Å². The van der Waals surface area contributed by atoms with Crippen molar-refractivity contribution < 1.29 is 9.59 Å². The van der Waals surface area contributed by atoms with E-state index in [1.165, 1.54) is 45.2 Å². The molecule has 0 bridgehead atoms. The van der Waals surface area contributed by atoms with Gasteiger partial charge in [0.1, 0.15) is 10.7 Å². The third kappa shape index (κ3) is 3.21. The Hall–Kier alpha value is -1.65. The highest BCUT2D eigenvalue weighted by molar-refractivity contribution is 6.49. The molecule has 4 rings (SSSR count). The number of Topliss-reactive ketones (excluding diaryl/α,β-unsaturated/α-hetero) is 2. The standard InChI is InChI=1S/C21H25ClN2O2/c22-18-19(21(26)16-8-2-1-7-15(16)20(18)25)23-11-10-14-6-5-13-24-12-4-3-9-17(14)24/h1-2,7-8,14,17,23H,3-6,9-13H2/t14-,17+/m0/s1. The fourth-order valence-electron chi connectivity index (χ4n) is 4.80. The first-order valence-corrected chi connectivity index (χ1v) is 10.1. The van der Waals surface area contributed by atoms with E-state index in [1.54, 1.807) is 24.3 Å². The van der Waals surface area contributed by atoms with Gasteiger partial charge in [0, 0.05) is 23.7 Å². The minimum atomic E-state index is -0.263. The average molecular weight is 373 g/mol. The molecule has 2 atom stereocenters. The highest BCUT2D eigenvalue weighted by Crippen LogP contribution is 2.33. The van der Waals surface area contributed by atoms with Crippen molar-refractivity contribution in [3.8, 4) is 0 Å². The normalized spacial score (nSPS) is 26.5. The maximum Gasteiger partial charge on any atom is 0.211 e. The van der Waals surface area contributed by atoms with Crippen LogP contribution in [0.5, 0.6) is 0 Å². The Bertz CT molecular complexity index is 756. The molecule has 3 aliphatic rings. The smallest absolute Gasteiger partial charge is 0.211 e. The van der Waals surface area contributed by atoms with Crippen LogP contribution >= 0.6 is 11.6 Å². The van der Waals surface area contributed by atoms with Gasteiger partial charge in [-0.25, -0.2) is 0 Å². The fraction of sp³-hybridized carbons (Fsp3) is 0.524. The van der Waals surface area contributed by atoms with Crippen LogP contribution in [0.25, 0.3) is 0 Å². The number of ketones is 2. The van der Waals surface area contributed by atoms with Crippen LogP contribution in [0.1, 0.15) is 59.2 Å². The Labute approximate surface area is 159 Å². The number of nitrogens with zero attached hydrogens (tertiary/aromatic N) is 1. The molecule has 26 heavy (non-hydrogen) atoms. The molecule has 4 nitrogen and oxygen atoms in total. The molecule has 2 saturated heterocycles. The highest BCUT2D eigenvalue weighted by atomic mass is 35.5. The van der Waals surface area contributed by atoms with Gasteiger partial charge < -0.3 is 10.2 Å². The topological polar surface area (TPSA) is 49.4 Å². The summed E-state index contributed by atoms with van der Waals surface area (Å²) in [5.74, 6) is 0.228. The van der Waals surface area contributed by atoms with E-state index in [2.05, 4.69) is 10.2 Å². The number of allylic oxidation sites excluding steroid dienone is 2. The molecule has 1 aromatic carbocycles. The number of carbonyl (C=O) groups is 2. The number of piperidine rings is 2. The molecule has 2 heterocycles. The van der Waals surface area contributed by atoms with Crippen molar-refractivity contribution in [2.24, 2.45) is 5.92 Å². The van der Waals surface area contributed by atoms with Crippen LogP contribution in [-0.2, 0) is 0 Å². The first kappa shape index (κ1) is 17.7. The summed E-state index contributed by atoms with van der Waals surface area (Å²) in [6, 6.07) is 7.58. The minimum absolute atomic E-state index is 0.0247. The van der Waals surface area contributed by atoms with Crippen LogP contribution in [0, 0.1) is 5.92 Å². The highest BCUT2D eigenvalue weighted by Gasteiger charge is 2.34. The zero-order chi connectivity index (χ0) is 18.1. The Morgan fingerprint density at radius 1 is 1.00 bits per heavy atom. The third-order valence-electron chi connectivity index (χ3n) is 6.11. The molecule has 0 aromatic heterocycles. The van der Waals surface area contributed by atoms with Gasteiger partial charge in [-0.05, 0) is 51.1 Å². The molecule has 2 fully saturated rings. The number of benzene rings is 1. The van der Waals surface area contributed by atoms with Crippen LogP contribution in [0.2, 0.25) is 0 Å². The molecule has 1 aromatic rings. The third-order valence-corrected chi connectivity index (χ3v) is 6.47. The lowest BCUT2D eigenvalue weighted by Crippen LogP contribution is -2.48. The molecule has 0 amide bonds. The van der Waals surface area contributed by atoms with Gasteiger partial charge in [-0.15, -0.1) is 0 Å². The minimum Gasteiger partial charge on any atom is -0.381 e. The van der Waals surface area contributed by atoms with Crippen molar-refractivity contribution in [2.75, 3.05) is 19.6 Å². The van der Waals surface area contributed by atoms with Crippen molar-refractivity contribution >= 4 is 23.2 Å². The van der Waals surface area contributed by atoms with Gasteiger partial charge in [-0.2, -0.15) is 0 Å². The molecule has 0 spiro atoms. The monoisotopic (exact) mass is 372 g/mol. The zero-order valence-corrected chi connectivity index (χ0v) is 15.7. The summed E-state index contributed by atoms with van der Waals surface area (Å²) in [6.45, 7) is 3.15. The largest absolute Gasteiger partial charge is 0.381 e. The van der Waals surface area contributed by atoms with Crippen molar-refractivity contribution in [1.82, 2.24) is 10.2 Å². The van der Waals surface area contributed by atoms with Gasteiger partial charge in [-0.3, -0.25) is 9.59 Å². The summed E-state index contributed by atoms with van der Waals surface area (Å²) in [5.41, 5.74) is 1.12. The van der Waals surface area contributed by atoms with E-state index in [9.17, 15) is 9.59 Å². The number of nitrogens with one attached hydrogen (secondary N) is 1. The van der Waals surface area contributed by atoms with Gasteiger partial charge in [0.25, 0.3) is 0 Å². The van der Waals surface area contributed by atoms with E-state index in [-0.39, 0.29) is 22.3 Å². The Kier molecular flexibility index (Phi) is 5.14. The zero-order valence-electron chi connectivity index (χ0n) is 15.0. The second-order valence-corrected chi connectivity index (χ2v) is 7.99. The lowest BCUT2D eigenvalue weighted by molar-refractivity contribution is 0.0561. The summed E-state index contributed by atoms with van der Waals surface area (Å²) in [4.78, 5) is 27.8. The van der Waals surface area contributed by atoms with Crippen LogP contribution in [0.4, 0.5) is 0 Å². The summed E-state index contributed by atoms with van der Waals surface area (Å²) in [6.07, 6.45) is 7.46. The van der Waals surface area contributed by atoms with Gasteiger partial charge in [0.2, 0.25) is 11.6 Å². The Morgan fingerprint density at radius 2 is 1.73 bits per heavy atom. The molecule has 1 aliphatic carbocycles. The van der Waals surface area contributed by atoms with E-state index in [0.717, 1.165) is 6.42 Å². The molecular formula is C21H25ClN2O2. The van der Waals surface area contributed by atoms with E-state index >= 15 is 0 Å². The lowest BCUT2D eigenvalue weighted by atomic mass is 9.81. The quantitative estimate of drug-likeness (QED) is 0.874. The van der Waals surface area contributed by atoms with E-state index in [1.807, 2.05) is 0 Å². The summed E-state index contributed by atoms with van der Waals surface area (Å²) < 4.78 is 0. The molecular weight excluding hydrogens is 348 g/mol. The second-order valence-electron chi connectivity index (χ2n) is 7.61. The average Bonchev–Trinajstić information content (AvgIpc) is 2.69. The van der Waals surface area contributed by atoms with E-state index in [4.69, 9.17) is 11.6 Å². The second kappa shape index (κ2) is 7.53. The first-order valence-electron chi connectivity index (χ1n) is 9.73. The van der Waals surface area contributed by atoms with Crippen molar-refractivity contribution in [2.45, 2.75) is 44.6 Å². The predicted molar refractivity (Wildman–Crippen MR) is 103 cm³/mol. The SMILES string of the molecule is O=C1C(Cl)=C(NCC[C@@H]2CCCN3CCCC[C@H]23)C(=O)c2ccccc21. The molecule has 1 N–H and O–H groups in total. The van der Waals surface area contributed by atoms with Crippen LogP contribution in [0.15, 0.2) is 35.0 Å². The summed E-state index contributed by atoms with van der Waals surface area (Å²) in [5, 5.41) is 3.22. The molecule has 138 valence electrons.